The molecule has 0 aliphatic carbocycles. The lowest BCUT2D eigenvalue weighted by Gasteiger charge is -2.44. The van der Waals surface area contributed by atoms with Crippen LogP contribution in [0.5, 0.6) is 5.75 Å². The molecule has 23 heavy (non-hydrogen) atoms. The fourth-order valence-corrected chi connectivity index (χ4v) is 3.80. The standard InChI is InChI=1S/C18H24BrNO3/c1-17(2,3)23-16(21)20-9-7-18(8-10-20)11-13-14(19)5-4-6-15(13)22-12-18/h4-6H,7-12H2,1-3H3. The number of likely N-dealkylation sites (tertiary alicyclic amines) is 1. The molecule has 2 aliphatic heterocycles. The molecular weight excluding hydrogens is 358 g/mol. The Morgan fingerprint density at radius 2 is 2.00 bits per heavy atom. The van der Waals surface area contributed by atoms with Gasteiger partial charge in [0.2, 0.25) is 0 Å². The molecule has 2 aliphatic rings. The first kappa shape index (κ1) is 16.6. The number of ether oxygens (including phenoxy) is 2. The molecule has 0 aromatic heterocycles. The second-order valence-electron chi connectivity index (χ2n) is 7.65. The van der Waals surface area contributed by atoms with Gasteiger partial charge < -0.3 is 14.4 Å². The smallest absolute Gasteiger partial charge is 0.410 e. The summed E-state index contributed by atoms with van der Waals surface area (Å²) in [5.74, 6) is 0.986. The van der Waals surface area contributed by atoms with E-state index in [2.05, 4.69) is 22.0 Å². The third kappa shape index (κ3) is 3.65. The number of carbonyl (C=O) groups excluding carboxylic acids is 1. The highest BCUT2D eigenvalue weighted by molar-refractivity contribution is 9.10. The molecular formula is C18H24BrNO3. The van der Waals surface area contributed by atoms with Crippen LogP contribution in [0.2, 0.25) is 0 Å². The largest absolute Gasteiger partial charge is 0.493 e. The van der Waals surface area contributed by atoms with E-state index in [1.165, 1.54) is 5.56 Å². The van der Waals surface area contributed by atoms with Crippen LogP contribution in [-0.2, 0) is 11.2 Å². The summed E-state index contributed by atoms with van der Waals surface area (Å²) in [6, 6.07) is 6.10. The number of benzene rings is 1. The summed E-state index contributed by atoms with van der Waals surface area (Å²) in [5.41, 5.74) is 0.948. The zero-order valence-electron chi connectivity index (χ0n) is 14.0. The van der Waals surface area contributed by atoms with Crippen LogP contribution in [0.3, 0.4) is 0 Å². The molecule has 0 radical (unpaired) electrons. The third-order valence-corrected chi connectivity index (χ3v) is 5.38. The Labute approximate surface area is 146 Å². The second-order valence-corrected chi connectivity index (χ2v) is 8.50. The van der Waals surface area contributed by atoms with Crippen LogP contribution in [0, 0.1) is 5.41 Å². The predicted molar refractivity (Wildman–Crippen MR) is 92.8 cm³/mol. The molecule has 1 aromatic carbocycles. The van der Waals surface area contributed by atoms with Gasteiger partial charge in [0.15, 0.2) is 0 Å². The number of rotatable bonds is 0. The van der Waals surface area contributed by atoms with Crippen molar-refractivity contribution in [2.75, 3.05) is 19.7 Å². The Balaban J connectivity index is 1.65. The summed E-state index contributed by atoms with van der Waals surface area (Å²) < 4.78 is 12.6. The first-order chi connectivity index (χ1) is 10.8. The van der Waals surface area contributed by atoms with Gasteiger partial charge in [-0.25, -0.2) is 4.79 Å². The van der Waals surface area contributed by atoms with E-state index in [0.717, 1.165) is 49.2 Å². The van der Waals surface area contributed by atoms with Gasteiger partial charge in [-0.15, -0.1) is 0 Å². The predicted octanol–water partition coefficient (Wildman–Crippen LogP) is 4.40. The summed E-state index contributed by atoms with van der Waals surface area (Å²) >= 11 is 3.64. The molecule has 0 saturated carbocycles. The molecule has 126 valence electrons. The lowest BCUT2D eigenvalue weighted by atomic mass is 9.73. The Morgan fingerprint density at radius 1 is 1.30 bits per heavy atom. The van der Waals surface area contributed by atoms with Gasteiger partial charge in [0.1, 0.15) is 11.4 Å². The number of fused-ring (bicyclic) bond motifs is 1. The minimum atomic E-state index is -0.441. The zero-order chi connectivity index (χ0) is 16.7. The highest BCUT2D eigenvalue weighted by atomic mass is 79.9. The number of halogens is 1. The van der Waals surface area contributed by atoms with Crippen LogP contribution in [0.25, 0.3) is 0 Å². The van der Waals surface area contributed by atoms with Crippen molar-refractivity contribution in [1.29, 1.82) is 0 Å². The highest BCUT2D eigenvalue weighted by Crippen LogP contribution is 2.44. The summed E-state index contributed by atoms with van der Waals surface area (Å²) in [7, 11) is 0. The second kappa shape index (κ2) is 6.00. The van der Waals surface area contributed by atoms with Crippen molar-refractivity contribution in [3.63, 3.8) is 0 Å². The Kier molecular flexibility index (Phi) is 4.34. The van der Waals surface area contributed by atoms with Crippen molar-refractivity contribution in [1.82, 2.24) is 4.90 Å². The molecule has 1 spiro atoms. The van der Waals surface area contributed by atoms with E-state index in [-0.39, 0.29) is 11.5 Å². The molecule has 2 heterocycles. The Hall–Kier alpha value is -1.23. The minimum absolute atomic E-state index is 0.134. The maximum Gasteiger partial charge on any atom is 0.410 e. The molecule has 1 fully saturated rings. The average Bonchev–Trinajstić information content (AvgIpc) is 2.47. The third-order valence-electron chi connectivity index (χ3n) is 4.64. The molecule has 0 N–H and O–H groups in total. The lowest BCUT2D eigenvalue weighted by Crippen LogP contribution is -2.48. The van der Waals surface area contributed by atoms with Crippen LogP contribution >= 0.6 is 15.9 Å². The maximum absolute atomic E-state index is 12.2. The maximum atomic E-state index is 12.2. The van der Waals surface area contributed by atoms with E-state index >= 15 is 0 Å². The van der Waals surface area contributed by atoms with Crippen LogP contribution in [0.1, 0.15) is 39.2 Å². The fraction of sp³-hybridized carbons (Fsp3) is 0.611. The van der Waals surface area contributed by atoms with Crippen molar-refractivity contribution in [2.45, 2.75) is 45.6 Å². The zero-order valence-corrected chi connectivity index (χ0v) is 15.6. The molecule has 1 saturated heterocycles. The highest BCUT2D eigenvalue weighted by Gasteiger charge is 2.41. The van der Waals surface area contributed by atoms with Crippen LogP contribution in [0.4, 0.5) is 4.79 Å². The lowest BCUT2D eigenvalue weighted by molar-refractivity contribution is -0.00107. The van der Waals surface area contributed by atoms with Crippen molar-refractivity contribution < 1.29 is 14.3 Å². The minimum Gasteiger partial charge on any atom is -0.493 e. The van der Waals surface area contributed by atoms with Gasteiger partial charge in [-0.3, -0.25) is 0 Å². The molecule has 1 amide bonds. The fourth-order valence-electron chi connectivity index (χ4n) is 3.31. The van der Waals surface area contributed by atoms with Crippen LogP contribution in [-0.4, -0.2) is 36.3 Å². The van der Waals surface area contributed by atoms with Gasteiger partial charge in [-0.05, 0) is 52.2 Å². The molecule has 0 atom stereocenters. The van der Waals surface area contributed by atoms with Crippen molar-refractivity contribution >= 4 is 22.0 Å². The number of piperidine rings is 1. The monoisotopic (exact) mass is 381 g/mol. The van der Waals surface area contributed by atoms with Crippen LogP contribution < -0.4 is 4.74 Å². The Bertz CT molecular complexity index is 601. The van der Waals surface area contributed by atoms with Gasteiger partial charge in [0.25, 0.3) is 0 Å². The molecule has 0 unspecified atom stereocenters. The normalized spacial score (nSPS) is 19.9. The first-order valence-corrected chi connectivity index (χ1v) is 8.95. The average molecular weight is 382 g/mol. The summed E-state index contributed by atoms with van der Waals surface area (Å²) in [5, 5.41) is 0. The molecule has 3 rings (SSSR count). The quantitative estimate of drug-likeness (QED) is 0.668. The van der Waals surface area contributed by atoms with Gasteiger partial charge in [0.05, 0.1) is 6.61 Å². The SMILES string of the molecule is CC(C)(C)OC(=O)N1CCC2(CC1)COc1cccc(Br)c1C2. The van der Waals surface area contributed by atoms with Gasteiger partial charge in [0, 0.05) is 28.5 Å². The van der Waals surface area contributed by atoms with E-state index in [0.29, 0.717) is 0 Å². The molecule has 4 nitrogen and oxygen atoms in total. The number of nitrogens with zero attached hydrogens (tertiary/aromatic N) is 1. The summed E-state index contributed by atoms with van der Waals surface area (Å²) in [6.07, 6.45) is 2.71. The molecule has 1 aromatic rings. The number of amides is 1. The van der Waals surface area contributed by atoms with E-state index in [1.54, 1.807) is 0 Å². The number of carbonyl (C=O) groups is 1. The van der Waals surface area contributed by atoms with E-state index < -0.39 is 5.60 Å². The van der Waals surface area contributed by atoms with Crippen molar-refractivity contribution in [3.8, 4) is 5.75 Å². The topological polar surface area (TPSA) is 38.8 Å². The van der Waals surface area contributed by atoms with E-state index in [1.807, 2.05) is 37.8 Å². The van der Waals surface area contributed by atoms with Crippen LogP contribution in [0.15, 0.2) is 22.7 Å². The van der Waals surface area contributed by atoms with E-state index in [9.17, 15) is 4.79 Å². The van der Waals surface area contributed by atoms with Gasteiger partial charge >= 0.3 is 6.09 Å². The van der Waals surface area contributed by atoms with Gasteiger partial charge in [-0.1, -0.05) is 22.0 Å². The summed E-state index contributed by atoms with van der Waals surface area (Å²) in [6.45, 7) is 7.91. The summed E-state index contributed by atoms with van der Waals surface area (Å²) in [4.78, 5) is 14.0. The van der Waals surface area contributed by atoms with Crippen molar-refractivity contribution in [2.24, 2.45) is 5.41 Å². The van der Waals surface area contributed by atoms with Gasteiger partial charge in [-0.2, -0.15) is 0 Å². The molecule has 0 bridgehead atoms. The number of hydrogen-bond acceptors (Lipinski definition) is 3. The first-order valence-electron chi connectivity index (χ1n) is 8.16. The van der Waals surface area contributed by atoms with E-state index in [4.69, 9.17) is 9.47 Å². The Morgan fingerprint density at radius 3 is 2.65 bits per heavy atom. The number of hydrogen-bond donors (Lipinski definition) is 0. The molecule has 5 heteroatoms. The van der Waals surface area contributed by atoms with Crippen molar-refractivity contribution in [3.05, 3.63) is 28.2 Å².